The van der Waals surface area contributed by atoms with Gasteiger partial charge in [-0.15, -0.1) is 0 Å². The molecular weight excluding hydrogens is 166 g/mol. The number of rotatable bonds is 0. The zero-order valence-electron chi connectivity index (χ0n) is 9.34. The van der Waals surface area contributed by atoms with Gasteiger partial charge in [0.25, 0.3) is 0 Å². The maximum absolute atomic E-state index is 11.1. The van der Waals surface area contributed by atoms with E-state index in [1.807, 2.05) is 41.5 Å². The molecule has 0 fully saturated rings. The van der Waals surface area contributed by atoms with E-state index < -0.39 is 11.7 Å². The van der Waals surface area contributed by atoms with Crippen molar-refractivity contribution >= 4 is 12.3 Å². The third-order valence-corrected chi connectivity index (χ3v) is 0.951. The monoisotopic (exact) mass is 185 g/mol. The first kappa shape index (κ1) is 12.1. The molecule has 0 aliphatic heterocycles. The molecule has 0 aromatic carbocycles. The highest BCUT2D eigenvalue weighted by atomic mass is 16.6. The average Bonchev–Trinajstić information content (AvgIpc) is 1.78. The lowest BCUT2D eigenvalue weighted by Crippen LogP contribution is -2.22. The standard InChI is InChI=1S/C10H19NO2/c1-9(2,3)7-11-8(12)13-10(4,5)6/h7H,1-6H3/b11-7+. The molecule has 0 saturated heterocycles. The molecule has 0 unspecified atom stereocenters. The first-order valence-corrected chi connectivity index (χ1v) is 4.38. The summed E-state index contributed by atoms with van der Waals surface area (Å²) in [6, 6.07) is 0. The predicted octanol–water partition coefficient (Wildman–Crippen LogP) is 3.04. The molecular formula is C10H19NO2. The van der Waals surface area contributed by atoms with Gasteiger partial charge in [-0.3, -0.25) is 0 Å². The number of hydrogen-bond donors (Lipinski definition) is 0. The molecule has 3 heteroatoms. The molecule has 0 aromatic heterocycles. The largest absolute Gasteiger partial charge is 0.442 e. The van der Waals surface area contributed by atoms with Crippen LogP contribution in [-0.4, -0.2) is 17.9 Å². The van der Waals surface area contributed by atoms with E-state index in [-0.39, 0.29) is 5.41 Å². The summed E-state index contributed by atoms with van der Waals surface area (Å²) in [5.41, 5.74) is -0.552. The van der Waals surface area contributed by atoms with Crippen LogP contribution >= 0.6 is 0 Å². The van der Waals surface area contributed by atoms with Gasteiger partial charge in [-0.25, -0.2) is 4.79 Å². The van der Waals surface area contributed by atoms with Gasteiger partial charge in [0.15, 0.2) is 0 Å². The number of carbonyl (C=O) groups is 1. The van der Waals surface area contributed by atoms with Gasteiger partial charge in [0, 0.05) is 6.21 Å². The quantitative estimate of drug-likeness (QED) is 0.544. The normalized spacial score (nSPS) is 13.4. The number of nitrogens with zero attached hydrogens (tertiary/aromatic N) is 1. The summed E-state index contributed by atoms with van der Waals surface area (Å²) in [7, 11) is 0. The molecule has 76 valence electrons. The molecule has 0 rings (SSSR count). The van der Waals surface area contributed by atoms with Gasteiger partial charge in [-0.05, 0) is 26.2 Å². The van der Waals surface area contributed by atoms with Crippen LogP contribution in [0.4, 0.5) is 4.79 Å². The number of hydrogen-bond acceptors (Lipinski definition) is 2. The molecule has 0 radical (unpaired) electrons. The van der Waals surface area contributed by atoms with E-state index in [0.717, 1.165) is 0 Å². The van der Waals surface area contributed by atoms with Crippen molar-refractivity contribution in [2.45, 2.75) is 47.1 Å². The van der Waals surface area contributed by atoms with Crippen LogP contribution in [0.2, 0.25) is 0 Å². The second kappa shape index (κ2) is 3.90. The molecule has 1 amide bonds. The van der Waals surface area contributed by atoms with Crippen LogP contribution in [0.15, 0.2) is 4.99 Å². The minimum atomic E-state index is -0.526. The van der Waals surface area contributed by atoms with Crippen molar-refractivity contribution in [1.29, 1.82) is 0 Å². The van der Waals surface area contributed by atoms with Gasteiger partial charge in [0.05, 0.1) is 0 Å². The lowest BCUT2D eigenvalue weighted by molar-refractivity contribution is 0.0604. The first-order chi connectivity index (χ1) is 5.60. The second-order valence-electron chi connectivity index (χ2n) is 5.10. The Morgan fingerprint density at radius 2 is 1.62 bits per heavy atom. The van der Waals surface area contributed by atoms with Crippen molar-refractivity contribution in [3.05, 3.63) is 0 Å². The Morgan fingerprint density at radius 1 is 1.15 bits per heavy atom. The summed E-state index contributed by atoms with van der Waals surface area (Å²) in [6.45, 7) is 11.4. The summed E-state index contributed by atoms with van der Waals surface area (Å²) < 4.78 is 5.00. The molecule has 0 aromatic rings. The van der Waals surface area contributed by atoms with E-state index in [1.54, 1.807) is 6.21 Å². The van der Waals surface area contributed by atoms with E-state index in [2.05, 4.69) is 4.99 Å². The van der Waals surface area contributed by atoms with Gasteiger partial charge in [-0.2, -0.15) is 4.99 Å². The molecule has 0 aliphatic rings. The van der Waals surface area contributed by atoms with E-state index in [1.165, 1.54) is 0 Å². The minimum absolute atomic E-state index is 0.0864. The van der Waals surface area contributed by atoms with Gasteiger partial charge >= 0.3 is 6.09 Å². The van der Waals surface area contributed by atoms with Crippen LogP contribution in [0.3, 0.4) is 0 Å². The molecule has 0 saturated carbocycles. The highest BCUT2D eigenvalue weighted by Gasteiger charge is 2.15. The number of aliphatic imine (C=N–C) groups is 1. The van der Waals surface area contributed by atoms with E-state index in [9.17, 15) is 4.79 Å². The summed E-state index contributed by atoms with van der Waals surface area (Å²) in [4.78, 5) is 14.8. The molecule has 0 atom stereocenters. The van der Waals surface area contributed by atoms with Gasteiger partial charge in [0.1, 0.15) is 5.60 Å². The fourth-order valence-corrected chi connectivity index (χ4v) is 0.535. The van der Waals surface area contributed by atoms with Gasteiger partial charge < -0.3 is 4.74 Å². The molecule has 0 spiro atoms. The summed E-state index contributed by atoms with van der Waals surface area (Å²) in [5.74, 6) is 0. The SMILES string of the molecule is CC(C)(C)/C=N/C(=O)OC(C)(C)C. The fraction of sp³-hybridized carbons (Fsp3) is 0.800. The first-order valence-electron chi connectivity index (χ1n) is 4.38. The predicted molar refractivity (Wildman–Crippen MR) is 54.2 cm³/mol. The third-order valence-electron chi connectivity index (χ3n) is 0.951. The summed E-state index contributed by atoms with van der Waals surface area (Å²) >= 11 is 0. The maximum Gasteiger partial charge on any atom is 0.433 e. The lowest BCUT2D eigenvalue weighted by Gasteiger charge is -2.17. The number of amides is 1. The van der Waals surface area contributed by atoms with Crippen LogP contribution in [0, 0.1) is 5.41 Å². The van der Waals surface area contributed by atoms with E-state index in [0.29, 0.717) is 0 Å². The number of carbonyl (C=O) groups excluding carboxylic acids is 1. The van der Waals surface area contributed by atoms with E-state index >= 15 is 0 Å². The molecule has 0 N–H and O–H groups in total. The zero-order valence-corrected chi connectivity index (χ0v) is 9.34. The zero-order chi connectivity index (χ0) is 10.7. The Balaban J connectivity index is 4.11. The molecule has 0 aliphatic carbocycles. The minimum Gasteiger partial charge on any atom is -0.442 e. The second-order valence-corrected chi connectivity index (χ2v) is 5.10. The Bertz CT molecular complexity index is 206. The Labute approximate surface area is 80.2 Å². The Morgan fingerprint density at radius 3 is 1.92 bits per heavy atom. The summed E-state index contributed by atoms with van der Waals surface area (Å²) in [5, 5.41) is 0. The molecule has 3 nitrogen and oxygen atoms in total. The smallest absolute Gasteiger partial charge is 0.433 e. The van der Waals surface area contributed by atoms with Gasteiger partial charge in [-0.1, -0.05) is 20.8 Å². The maximum atomic E-state index is 11.1. The van der Waals surface area contributed by atoms with Crippen LogP contribution in [-0.2, 0) is 4.74 Å². The average molecular weight is 185 g/mol. The van der Waals surface area contributed by atoms with Crippen LogP contribution in [0.5, 0.6) is 0 Å². The molecule has 0 heterocycles. The lowest BCUT2D eigenvalue weighted by atomic mass is 9.99. The van der Waals surface area contributed by atoms with Crippen LogP contribution in [0.1, 0.15) is 41.5 Å². The summed E-state index contributed by atoms with van der Waals surface area (Å²) in [6.07, 6.45) is 1.07. The van der Waals surface area contributed by atoms with E-state index in [4.69, 9.17) is 4.74 Å². The van der Waals surface area contributed by atoms with Crippen molar-refractivity contribution in [1.82, 2.24) is 0 Å². The number of ether oxygens (including phenoxy) is 1. The van der Waals surface area contributed by atoms with Gasteiger partial charge in [0.2, 0.25) is 0 Å². The third kappa shape index (κ3) is 9.05. The fourth-order valence-electron chi connectivity index (χ4n) is 0.535. The Hall–Kier alpha value is -0.860. The van der Waals surface area contributed by atoms with Crippen molar-refractivity contribution in [2.24, 2.45) is 10.4 Å². The Kier molecular flexibility index (Phi) is 3.64. The molecule has 13 heavy (non-hydrogen) atoms. The van der Waals surface area contributed by atoms with Crippen molar-refractivity contribution in [2.75, 3.05) is 0 Å². The van der Waals surface area contributed by atoms with Crippen LogP contribution < -0.4 is 0 Å². The highest BCUT2D eigenvalue weighted by molar-refractivity contribution is 5.81. The highest BCUT2D eigenvalue weighted by Crippen LogP contribution is 2.11. The molecule has 0 bridgehead atoms. The van der Waals surface area contributed by atoms with Crippen molar-refractivity contribution in [3.8, 4) is 0 Å². The van der Waals surface area contributed by atoms with Crippen molar-refractivity contribution in [3.63, 3.8) is 0 Å². The van der Waals surface area contributed by atoms with Crippen molar-refractivity contribution < 1.29 is 9.53 Å². The van der Waals surface area contributed by atoms with Crippen LogP contribution in [0.25, 0.3) is 0 Å². The topological polar surface area (TPSA) is 38.7 Å².